The van der Waals surface area contributed by atoms with Gasteiger partial charge < -0.3 is 29.7 Å². The summed E-state index contributed by atoms with van der Waals surface area (Å²) in [5, 5.41) is 3.12. The molecular weight excluding hydrogens is 876 g/mol. The number of pyridine rings is 1. The lowest BCUT2D eigenvalue weighted by Crippen LogP contribution is -2.53. The summed E-state index contributed by atoms with van der Waals surface area (Å²) in [5.41, 5.74) is 4.61. The van der Waals surface area contributed by atoms with Crippen molar-refractivity contribution in [3.8, 4) is 11.1 Å². The second kappa shape index (κ2) is 17.5. The first-order valence-corrected chi connectivity index (χ1v) is 23.5. The Morgan fingerprint density at radius 3 is 2.42 bits per heavy atom. The van der Waals surface area contributed by atoms with Gasteiger partial charge in [0.15, 0.2) is 5.82 Å². The maximum Gasteiger partial charge on any atom is 0.301 e. The van der Waals surface area contributed by atoms with Gasteiger partial charge in [-0.2, -0.15) is 12.7 Å². The van der Waals surface area contributed by atoms with Gasteiger partial charge in [-0.15, -0.1) is 0 Å². The number of halogens is 3. The molecule has 66 heavy (non-hydrogen) atoms. The molecule has 5 aliphatic rings. The van der Waals surface area contributed by atoms with Crippen LogP contribution >= 0.6 is 0 Å². The predicted octanol–water partition coefficient (Wildman–Crippen LogP) is 5.22. The molecule has 0 aliphatic carbocycles. The van der Waals surface area contributed by atoms with Gasteiger partial charge in [-0.3, -0.25) is 24.0 Å². The zero-order valence-electron chi connectivity index (χ0n) is 35.9. The van der Waals surface area contributed by atoms with Crippen LogP contribution in [0, 0.1) is 11.6 Å². The smallest absolute Gasteiger partial charge is 0.301 e. The zero-order valence-corrected chi connectivity index (χ0v) is 36.8. The minimum Gasteiger partial charge on any atom is -0.373 e. The SMILES string of the molecule is C=C1CCC(N2Cc3cc(N4CC(OCCN5CCN(c6ccc(-c7cnc8[nH]cc(C(=O)c9c(F)ccc(NS(=O)(=O)N%10CC[C@@H](F)C%10)c9F)c8c7)cc6)CC5)C4)ccc3C2=O)C(=O)N1. The summed E-state index contributed by atoms with van der Waals surface area (Å²) < 4.78 is 79.3. The monoisotopic (exact) mass is 923 g/mol. The number of nitrogens with one attached hydrogen (secondary N) is 3. The number of hydrogen-bond donors (Lipinski definition) is 3. The van der Waals surface area contributed by atoms with Gasteiger partial charge in [0, 0.05) is 117 Å². The van der Waals surface area contributed by atoms with Crippen molar-refractivity contribution in [2.45, 2.75) is 44.1 Å². The van der Waals surface area contributed by atoms with Crippen molar-refractivity contribution in [1.29, 1.82) is 0 Å². The van der Waals surface area contributed by atoms with Crippen LogP contribution in [0.2, 0.25) is 0 Å². The van der Waals surface area contributed by atoms with Crippen molar-refractivity contribution in [2.75, 3.05) is 80.0 Å². The lowest BCUT2D eigenvalue weighted by Gasteiger charge is -2.41. The van der Waals surface area contributed by atoms with E-state index in [1.54, 1.807) is 17.2 Å². The number of rotatable bonds is 13. The first-order chi connectivity index (χ1) is 31.8. The van der Waals surface area contributed by atoms with Crippen molar-refractivity contribution < 1.29 is 40.7 Å². The van der Waals surface area contributed by atoms with Crippen LogP contribution in [-0.4, -0.2) is 134 Å². The van der Waals surface area contributed by atoms with Gasteiger partial charge in [-0.05, 0) is 78.9 Å². The van der Waals surface area contributed by atoms with Crippen LogP contribution in [0.1, 0.15) is 51.1 Å². The number of ketones is 1. The van der Waals surface area contributed by atoms with E-state index in [2.05, 4.69) is 42.6 Å². The molecule has 4 fully saturated rings. The lowest BCUT2D eigenvalue weighted by molar-refractivity contribution is -0.126. The third-order valence-electron chi connectivity index (χ3n) is 13.3. The largest absolute Gasteiger partial charge is 0.373 e. The van der Waals surface area contributed by atoms with E-state index in [0.717, 1.165) is 84.8 Å². The lowest BCUT2D eigenvalue weighted by atomic mass is 9.99. The second-order valence-electron chi connectivity index (χ2n) is 17.5. The Kier molecular flexibility index (Phi) is 11.6. The molecule has 3 aromatic carbocycles. The van der Waals surface area contributed by atoms with Crippen LogP contribution in [0.4, 0.5) is 30.2 Å². The number of aromatic amines is 1. The van der Waals surface area contributed by atoms with Crippen molar-refractivity contribution in [3.63, 3.8) is 0 Å². The number of ether oxygens (including phenoxy) is 1. The summed E-state index contributed by atoms with van der Waals surface area (Å²) in [6.45, 7) is 10.2. The number of hydrogen-bond acceptors (Lipinski definition) is 10. The van der Waals surface area contributed by atoms with Crippen LogP contribution in [0.15, 0.2) is 85.3 Å². The average molecular weight is 924 g/mol. The van der Waals surface area contributed by atoms with Crippen molar-refractivity contribution >= 4 is 55.9 Å². The number of carbonyl (C=O) groups is 3. The van der Waals surface area contributed by atoms with Gasteiger partial charge in [0.05, 0.1) is 24.0 Å². The second-order valence-corrected chi connectivity index (χ2v) is 19.2. The minimum atomic E-state index is -4.35. The molecule has 5 aliphatic heterocycles. The van der Waals surface area contributed by atoms with E-state index < -0.39 is 51.1 Å². The van der Waals surface area contributed by atoms with Crippen LogP contribution in [0.25, 0.3) is 22.2 Å². The highest BCUT2D eigenvalue weighted by Crippen LogP contribution is 2.34. The first-order valence-electron chi connectivity index (χ1n) is 22.1. The highest BCUT2D eigenvalue weighted by atomic mass is 32.2. The van der Waals surface area contributed by atoms with Crippen molar-refractivity contribution in [1.82, 2.24) is 29.4 Å². The van der Waals surface area contributed by atoms with E-state index in [0.29, 0.717) is 53.9 Å². The number of nitrogens with zero attached hydrogens (tertiary/aromatic N) is 6. The van der Waals surface area contributed by atoms with Crippen LogP contribution in [0.3, 0.4) is 0 Å². The molecule has 5 aromatic rings. The number of fused-ring (bicyclic) bond motifs is 2. The first kappa shape index (κ1) is 43.6. The van der Waals surface area contributed by atoms with E-state index in [-0.39, 0.29) is 43.0 Å². The molecule has 2 aromatic heterocycles. The Bertz CT molecular complexity index is 2860. The third-order valence-corrected chi connectivity index (χ3v) is 14.8. The molecule has 4 saturated heterocycles. The number of carbonyl (C=O) groups excluding carboxylic acids is 3. The number of piperazine rings is 1. The highest BCUT2D eigenvalue weighted by molar-refractivity contribution is 7.90. The molecule has 344 valence electrons. The fraction of sp³-hybridized carbons (Fsp3) is 0.362. The molecule has 2 atom stereocenters. The van der Waals surface area contributed by atoms with Gasteiger partial charge in [0.1, 0.15) is 23.7 Å². The van der Waals surface area contributed by atoms with Crippen molar-refractivity contribution in [2.24, 2.45) is 0 Å². The quantitative estimate of drug-likeness (QED) is 0.134. The summed E-state index contributed by atoms with van der Waals surface area (Å²) in [4.78, 5) is 55.4. The van der Waals surface area contributed by atoms with E-state index in [1.165, 1.54) is 6.20 Å². The summed E-state index contributed by atoms with van der Waals surface area (Å²) in [7, 11) is -4.35. The average Bonchev–Trinajstić information content (AvgIpc) is 4.02. The Hall–Kier alpha value is -6.28. The number of H-pyrrole nitrogens is 1. The molecular formula is C47H48F3N9O6S. The van der Waals surface area contributed by atoms with Gasteiger partial charge in [-0.25, -0.2) is 18.2 Å². The predicted molar refractivity (Wildman–Crippen MR) is 242 cm³/mol. The zero-order chi connectivity index (χ0) is 45.9. The molecule has 0 spiro atoms. The maximum atomic E-state index is 15.7. The van der Waals surface area contributed by atoms with Gasteiger partial charge in [0.25, 0.3) is 5.91 Å². The van der Waals surface area contributed by atoms with E-state index in [4.69, 9.17) is 4.74 Å². The summed E-state index contributed by atoms with van der Waals surface area (Å²) >= 11 is 0. The van der Waals surface area contributed by atoms with Gasteiger partial charge >= 0.3 is 10.2 Å². The molecule has 1 unspecified atom stereocenters. The molecule has 0 radical (unpaired) electrons. The number of aromatic nitrogens is 2. The molecule has 7 heterocycles. The summed E-state index contributed by atoms with van der Waals surface area (Å²) in [5.74, 6) is -3.83. The Labute approximate surface area is 379 Å². The van der Waals surface area contributed by atoms with E-state index in [9.17, 15) is 27.2 Å². The van der Waals surface area contributed by atoms with Crippen LogP contribution in [-0.2, 0) is 26.3 Å². The molecule has 0 saturated carbocycles. The number of benzene rings is 3. The molecule has 10 rings (SSSR count). The number of anilines is 3. The van der Waals surface area contributed by atoms with Gasteiger partial charge in [0.2, 0.25) is 11.7 Å². The third kappa shape index (κ3) is 8.40. The number of amides is 2. The Morgan fingerprint density at radius 1 is 0.909 bits per heavy atom. The number of alkyl halides is 1. The van der Waals surface area contributed by atoms with E-state index in [1.807, 2.05) is 41.1 Å². The molecule has 19 heteroatoms. The Morgan fingerprint density at radius 2 is 1.68 bits per heavy atom. The number of allylic oxidation sites excluding steroid dienone is 1. The fourth-order valence-electron chi connectivity index (χ4n) is 9.47. The molecule has 0 bridgehead atoms. The maximum absolute atomic E-state index is 15.7. The number of piperidine rings is 1. The standard InChI is InChI=1S/C47H48F3N9O6S/c1-28-2-11-41(46(61)53-28)59-24-31-20-34(7-8-36(31)47(59)62)57-26-35(27-57)65-19-18-55-14-16-56(17-15-55)33-5-3-29(4-6-33)30-21-37-38(23-52-45(37)51-22-30)44(60)42-39(49)9-10-40(43(42)50)54-66(63,64)58-13-12-32(48)25-58/h3-10,20-23,32,35,41,54H,1-2,11-19,24-27H2,(H,51,52)(H,53,61)/t32-,41?/m1/s1. The molecule has 3 N–H and O–H groups in total. The van der Waals surface area contributed by atoms with Crippen LogP contribution < -0.4 is 19.8 Å². The molecule has 15 nitrogen and oxygen atoms in total. The van der Waals surface area contributed by atoms with Gasteiger partial charge in [-0.1, -0.05) is 18.7 Å². The highest BCUT2D eigenvalue weighted by Gasteiger charge is 2.39. The van der Waals surface area contributed by atoms with Crippen molar-refractivity contribution in [3.05, 3.63) is 119 Å². The topological polar surface area (TPSA) is 164 Å². The molecule has 2 amide bonds. The van der Waals surface area contributed by atoms with Crippen LogP contribution in [0.5, 0.6) is 0 Å². The Balaban J connectivity index is 0.701. The normalized spacial score (nSPS) is 20.8. The fourth-order valence-corrected chi connectivity index (χ4v) is 10.7. The summed E-state index contributed by atoms with van der Waals surface area (Å²) in [6, 6.07) is 16.8. The summed E-state index contributed by atoms with van der Waals surface area (Å²) in [6.07, 6.45) is 2.99. The van der Waals surface area contributed by atoms with E-state index >= 15 is 8.78 Å². The minimum absolute atomic E-state index is 0.00397.